The van der Waals surface area contributed by atoms with Gasteiger partial charge in [-0.2, -0.15) is 0 Å². The first kappa shape index (κ1) is 46.9. The van der Waals surface area contributed by atoms with Gasteiger partial charge in [-0.3, -0.25) is 0 Å². The van der Waals surface area contributed by atoms with E-state index in [1.165, 1.54) is 0 Å². The Balaban J connectivity index is 1.19. The van der Waals surface area contributed by atoms with Crippen molar-refractivity contribution in [3.8, 4) is 0 Å². The average Bonchev–Trinajstić information content (AvgIpc) is 3.55. The van der Waals surface area contributed by atoms with Crippen LogP contribution in [-0.2, 0) is 28.4 Å². The normalized spacial score (nSPS) is 57.3. The summed E-state index contributed by atoms with van der Waals surface area (Å²) in [5.74, 6) is -0.109. The number of aliphatic hydroxyl groups excluding tert-OH is 9. The van der Waals surface area contributed by atoms with Crippen LogP contribution >= 0.6 is 0 Å². The minimum Gasteiger partial charge on any atom is -0.390 e. The first-order valence-electron chi connectivity index (χ1n) is 23.0. The van der Waals surface area contributed by atoms with Crippen molar-refractivity contribution < 1.29 is 79.5 Å². The summed E-state index contributed by atoms with van der Waals surface area (Å²) in [5.41, 5.74) is -3.23. The van der Waals surface area contributed by atoms with E-state index in [0.717, 1.165) is 25.7 Å². The van der Waals surface area contributed by atoms with Gasteiger partial charge in [0.1, 0.15) is 54.9 Å². The average molecular weight is 873 g/mol. The summed E-state index contributed by atoms with van der Waals surface area (Å²) < 4.78 is 38.1. The van der Waals surface area contributed by atoms with Crippen molar-refractivity contribution in [2.45, 2.75) is 204 Å². The number of rotatable bonds is 7. The van der Waals surface area contributed by atoms with E-state index in [1.807, 2.05) is 13.8 Å². The highest BCUT2D eigenvalue weighted by Gasteiger charge is 2.75. The molecule has 61 heavy (non-hydrogen) atoms. The topological polar surface area (TPSA) is 258 Å². The summed E-state index contributed by atoms with van der Waals surface area (Å²) in [6, 6.07) is 0. The van der Waals surface area contributed by atoms with Gasteiger partial charge in [0, 0.05) is 0 Å². The lowest BCUT2D eigenvalue weighted by atomic mass is 9.31. The van der Waals surface area contributed by atoms with Crippen molar-refractivity contribution in [3.05, 3.63) is 0 Å². The summed E-state index contributed by atoms with van der Waals surface area (Å²) in [7, 11) is 0. The molecular formula is C45H76O16. The van der Waals surface area contributed by atoms with E-state index in [2.05, 4.69) is 41.5 Å². The summed E-state index contributed by atoms with van der Waals surface area (Å²) in [5, 5.41) is 108. The van der Waals surface area contributed by atoms with E-state index >= 15 is 0 Å². The molecule has 0 radical (unpaired) electrons. The third-order valence-corrected chi connectivity index (χ3v) is 18.9. The Morgan fingerprint density at radius 2 is 0.918 bits per heavy atom. The van der Waals surface area contributed by atoms with E-state index < -0.39 is 119 Å². The van der Waals surface area contributed by atoms with Crippen LogP contribution in [0.4, 0.5) is 0 Å². The molecule has 16 heteroatoms. The molecule has 8 aliphatic rings. The largest absolute Gasteiger partial charge is 0.390 e. The SMILES string of the molecule is CC(C)(O)[C@@H]1CC[C@@]2(C)[C@H]1[C@@H](O[C@H]1OC[C@H](O)[C@@H](O)[C@@H]1O)C[C@]1(C)[C@@H]2CC[C@@H]2[C@@]3(C)CC[C@H](O[C@H]4OC[C@H](O)[C@@H](O)[C@@H]4O)C(C)(C)[C@@H]3[C@@H](O[C@H]3OC[C@H](O)[C@@H](O)[C@@H]3O)C[C@]21C. The van der Waals surface area contributed by atoms with Crippen LogP contribution in [0.2, 0.25) is 0 Å². The minimum absolute atomic E-state index is 0.105. The minimum atomic E-state index is -1.52. The molecular weight excluding hydrogens is 796 g/mol. The summed E-state index contributed by atoms with van der Waals surface area (Å²) >= 11 is 0. The molecule has 16 nitrogen and oxygen atoms in total. The maximum Gasteiger partial charge on any atom is 0.186 e. The lowest BCUT2D eigenvalue weighted by molar-refractivity contribution is -0.354. The molecule has 0 bridgehead atoms. The molecule has 0 aromatic heterocycles. The molecule has 5 aliphatic carbocycles. The van der Waals surface area contributed by atoms with Crippen LogP contribution in [0.3, 0.4) is 0 Å². The smallest absolute Gasteiger partial charge is 0.186 e. The number of hydrogen-bond donors (Lipinski definition) is 10. The fourth-order valence-corrected chi connectivity index (χ4v) is 15.9. The molecule has 0 aromatic carbocycles. The third-order valence-electron chi connectivity index (χ3n) is 18.9. The van der Waals surface area contributed by atoms with E-state index in [1.54, 1.807) is 0 Å². The maximum atomic E-state index is 11.7. The van der Waals surface area contributed by atoms with Crippen LogP contribution in [0, 0.1) is 56.7 Å². The molecule has 8 rings (SSSR count). The number of hydrogen-bond acceptors (Lipinski definition) is 16. The van der Waals surface area contributed by atoms with Gasteiger partial charge in [0.05, 0.1) is 43.7 Å². The quantitative estimate of drug-likeness (QED) is 0.157. The van der Waals surface area contributed by atoms with E-state index in [9.17, 15) is 51.1 Å². The van der Waals surface area contributed by atoms with Crippen LogP contribution in [0.25, 0.3) is 0 Å². The number of ether oxygens (including phenoxy) is 6. The zero-order valence-electron chi connectivity index (χ0n) is 37.2. The maximum absolute atomic E-state index is 11.7. The zero-order chi connectivity index (χ0) is 44.6. The molecule has 10 N–H and O–H groups in total. The molecule has 3 saturated heterocycles. The molecule has 0 aromatic rings. The highest BCUT2D eigenvalue weighted by Crippen LogP contribution is 2.79. The van der Waals surface area contributed by atoms with Crippen LogP contribution in [-0.4, -0.2) is 169 Å². The Labute approximate surface area is 359 Å². The molecule has 3 aliphatic heterocycles. The summed E-state index contributed by atoms with van der Waals surface area (Å²) in [6.45, 7) is 16.7. The van der Waals surface area contributed by atoms with Gasteiger partial charge in [-0.05, 0) is 122 Å². The van der Waals surface area contributed by atoms with Crippen molar-refractivity contribution in [1.82, 2.24) is 0 Å². The van der Waals surface area contributed by atoms with Gasteiger partial charge in [0.2, 0.25) is 0 Å². The van der Waals surface area contributed by atoms with Crippen molar-refractivity contribution in [1.29, 1.82) is 0 Å². The Morgan fingerprint density at radius 1 is 0.508 bits per heavy atom. The summed E-state index contributed by atoms with van der Waals surface area (Å²) in [6.07, 6.45) is -11.8. The Morgan fingerprint density at radius 3 is 1.39 bits per heavy atom. The second kappa shape index (κ2) is 16.0. The monoisotopic (exact) mass is 873 g/mol. The van der Waals surface area contributed by atoms with Crippen molar-refractivity contribution in [2.24, 2.45) is 56.7 Å². The standard InChI is InChI=1S/C45H76O16/c1-40(2)28(61-39-35(54)32(51)23(48)19-58-39)12-14-43(6)27-10-9-26-42(5)13-11-20(41(3,4)55)29(42)24(59-37-33(52)30(49)21(46)17-56-37)15-44(26,7)45(27,8)16-25(36(40)43)60-38-34(53)31(50)22(47)18-57-38/h20-39,46-55H,9-19H2,1-8H3/t20-,21+,22+,23+,24+,25+,26-,27-,28+,29-,30-,31-,32-,33+,34+,35+,36+,37-,38-,39-,42-,43-,44-,45-/m1/s1. The summed E-state index contributed by atoms with van der Waals surface area (Å²) in [4.78, 5) is 0. The van der Waals surface area contributed by atoms with Gasteiger partial charge in [-0.15, -0.1) is 0 Å². The second-order valence-corrected chi connectivity index (χ2v) is 22.8. The first-order valence-corrected chi connectivity index (χ1v) is 23.0. The number of fused-ring (bicyclic) bond motifs is 7. The van der Waals surface area contributed by atoms with Gasteiger partial charge < -0.3 is 79.5 Å². The molecule has 5 saturated carbocycles. The van der Waals surface area contributed by atoms with E-state index in [4.69, 9.17) is 28.4 Å². The van der Waals surface area contributed by atoms with Gasteiger partial charge in [-0.1, -0.05) is 41.5 Å². The third kappa shape index (κ3) is 7.23. The van der Waals surface area contributed by atoms with Crippen LogP contribution < -0.4 is 0 Å². The van der Waals surface area contributed by atoms with Crippen LogP contribution in [0.1, 0.15) is 107 Å². The lowest BCUT2D eigenvalue weighted by Gasteiger charge is -2.75. The first-order chi connectivity index (χ1) is 28.3. The van der Waals surface area contributed by atoms with Crippen molar-refractivity contribution in [2.75, 3.05) is 19.8 Å². The van der Waals surface area contributed by atoms with Crippen molar-refractivity contribution >= 4 is 0 Å². The molecule has 352 valence electrons. The predicted molar refractivity (Wildman–Crippen MR) is 215 cm³/mol. The molecule has 0 amide bonds. The lowest BCUT2D eigenvalue weighted by Crippen LogP contribution is -2.72. The van der Waals surface area contributed by atoms with E-state index in [0.29, 0.717) is 25.7 Å². The fourth-order valence-electron chi connectivity index (χ4n) is 15.9. The Kier molecular flexibility index (Phi) is 12.3. The highest BCUT2D eigenvalue weighted by molar-refractivity contribution is 5.23. The predicted octanol–water partition coefficient (Wildman–Crippen LogP) is 0.551. The molecule has 0 spiro atoms. The highest BCUT2D eigenvalue weighted by atomic mass is 16.7. The van der Waals surface area contributed by atoms with Crippen LogP contribution in [0.5, 0.6) is 0 Å². The Hall–Kier alpha value is -0.640. The van der Waals surface area contributed by atoms with Gasteiger partial charge in [0.25, 0.3) is 0 Å². The molecule has 0 unspecified atom stereocenters. The Bertz CT molecular complexity index is 1580. The zero-order valence-corrected chi connectivity index (χ0v) is 37.2. The van der Waals surface area contributed by atoms with Gasteiger partial charge in [0.15, 0.2) is 18.9 Å². The van der Waals surface area contributed by atoms with Crippen LogP contribution in [0.15, 0.2) is 0 Å². The van der Waals surface area contributed by atoms with Gasteiger partial charge >= 0.3 is 0 Å². The molecule has 8 fully saturated rings. The second-order valence-electron chi connectivity index (χ2n) is 22.8. The molecule has 24 atom stereocenters. The van der Waals surface area contributed by atoms with Crippen molar-refractivity contribution in [3.63, 3.8) is 0 Å². The fraction of sp³-hybridized carbons (Fsp3) is 1.00. The molecule has 3 heterocycles. The number of aliphatic hydroxyl groups is 10. The van der Waals surface area contributed by atoms with E-state index in [-0.39, 0.29) is 54.8 Å². The van der Waals surface area contributed by atoms with Gasteiger partial charge in [-0.25, -0.2) is 0 Å².